The molecule has 0 fully saturated rings. The summed E-state index contributed by atoms with van der Waals surface area (Å²) in [4.78, 5) is 4.71. The molecule has 0 aliphatic heterocycles. The first kappa shape index (κ1) is 14.2. The summed E-state index contributed by atoms with van der Waals surface area (Å²) in [5.41, 5.74) is 7.01. The summed E-state index contributed by atoms with van der Waals surface area (Å²) in [6, 6.07) is 12.8. The fraction of sp³-hybridized carbons (Fsp3) is 0.278. The molecule has 2 aromatic carbocycles. The molecule has 0 radical (unpaired) electrons. The summed E-state index contributed by atoms with van der Waals surface area (Å²) in [5, 5.41) is -0.140. The molecule has 1 heterocycles. The lowest BCUT2D eigenvalue weighted by molar-refractivity contribution is 0.881. The Morgan fingerprint density at radius 1 is 1.00 bits per heavy atom. The van der Waals surface area contributed by atoms with E-state index in [1.165, 1.54) is 16.7 Å². The van der Waals surface area contributed by atoms with Gasteiger partial charge in [-0.3, -0.25) is 4.57 Å². The van der Waals surface area contributed by atoms with Crippen LogP contribution in [0.4, 0.5) is 0 Å². The summed E-state index contributed by atoms with van der Waals surface area (Å²) in [7, 11) is 0. The third-order valence-electron chi connectivity index (χ3n) is 3.94. The largest absolute Gasteiger partial charge is 0.295 e. The number of halogens is 1. The SMILES string of the molecule is Cc1ccc2nc(C(C)Cl)n(-c3ccc(C)c(C)c3)c2c1. The molecule has 1 unspecified atom stereocenters. The van der Waals surface area contributed by atoms with E-state index in [1.54, 1.807) is 0 Å². The molecule has 3 aromatic rings. The first-order chi connectivity index (χ1) is 9.97. The molecule has 21 heavy (non-hydrogen) atoms. The lowest BCUT2D eigenvalue weighted by Crippen LogP contribution is -2.02. The van der Waals surface area contributed by atoms with Crippen LogP contribution in [0.5, 0.6) is 0 Å². The van der Waals surface area contributed by atoms with Crippen LogP contribution in [0.2, 0.25) is 0 Å². The normalized spacial score (nSPS) is 12.8. The third-order valence-corrected chi connectivity index (χ3v) is 4.14. The standard InChI is InChI=1S/C18H19ClN2/c1-11-5-8-16-17(9-11)21(18(20-16)14(4)19)15-7-6-12(2)13(3)10-15/h5-10,14H,1-4H3. The van der Waals surface area contributed by atoms with Crippen molar-refractivity contribution >= 4 is 22.6 Å². The van der Waals surface area contributed by atoms with E-state index in [0.29, 0.717) is 0 Å². The number of hydrogen-bond acceptors (Lipinski definition) is 1. The summed E-state index contributed by atoms with van der Waals surface area (Å²) < 4.78 is 2.17. The Kier molecular flexibility index (Phi) is 3.50. The Bertz CT molecular complexity index is 815. The van der Waals surface area contributed by atoms with Crippen LogP contribution in [-0.2, 0) is 0 Å². The molecule has 1 aromatic heterocycles. The van der Waals surface area contributed by atoms with Crippen molar-refractivity contribution in [2.75, 3.05) is 0 Å². The van der Waals surface area contributed by atoms with E-state index in [0.717, 1.165) is 22.5 Å². The smallest absolute Gasteiger partial charge is 0.132 e. The van der Waals surface area contributed by atoms with E-state index in [2.05, 4.69) is 61.7 Å². The quantitative estimate of drug-likeness (QED) is 0.591. The molecular weight excluding hydrogens is 280 g/mol. The number of benzene rings is 2. The summed E-state index contributed by atoms with van der Waals surface area (Å²) in [5.74, 6) is 0.889. The van der Waals surface area contributed by atoms with Crippen LogP contribution in [0.3, 0.4) is 0 Å². The zero-order valence-corrected chi connectivity index (χ0v) is 13.6. The van der Waals surface area contributed by atoms with Gasteiger partial charge in [0.05, 0.1) is 16.4 Å². The topological polar surface area (TPSA) is 17.8 Å². The Labute approximate surface area is 130 Å². The van der Waals surface area contributed by atoms with E-state index in [1.807, 2.05) is 6.92 Å². The molecule has 0 spiro atoms. The molecule has 3 heteroatoms. The van der Waals surface area contributed by atoms with Crippen molar-refractivity contribution in [3.05, 3.63) is 58.9 Å². The molecule has 0 amide bonds. The van der Waals surface area contributed by atoms with Crippen molar-refractivity contribution in [2.45, 2.75) is 33.1 Å². The second kappa shape index (κ2) is 5.19. The minimum Gasteiger partial charge on any atom is -0.295 e. The van der Waals surface area contributed by atoms with Crippen LogP contribution in [0.1, 0.15) is 34.8 Å². The average Bonchev–Trinajstić information content (AvgIpc) is 2.80. The first-order valence-corrected chi connectivity index (χ1v) is 7.61. The van der Waals surface area contributed by atoms with Gasteiger partial charge in [-0.25, -0.2) is 4.98 Å². The molecular formula is C18H19ClN2. The van der Waals surface area contributed by atoms with Crippen LogP contribution in [0.15, 0.2) is 36.4 Å². The van der Waals surface area contributed by atoms with Crippen LogP contribution in [0, 0.1) is 20.8 Å². The molecule has 1 atom stereocenters. The van der Waals surface area contributed by atoms with E-state index < -0.39 is 0 Å². The highest BCUT2D eigenvalue weighted by atomic mass is 35.5. The summed E-state index contributed by atoms with van der Waals surface area (Å²) in [6.45, 7) is 8.32. The molecule has 0 saturated carbocycles. The predicted octanol–water partition coefficient (Wildman–Crippen LogP) is 5.25. The Hall–Kier alpha value is -1.80. The van der Waals surface area contributed by atoms with Crippen molar-refractivity contribution in [1.29, 1.82) is 0 Å². The highest BCUT2D eigenvalue weighted by Crippen LogP contribution is 2.29. The van der Waals surface area contributed by atoms with Gasteiger partial charge in [0.2, 0.25) is 0 Å². The van der Waals surface area contributed by atoms with Crippen molar-refractivity contribution in [3.8, 4) is 5.69 Å². The monoisotopic (exact) mass is 298 g/mol. The Morgan fingerprint density at radius 2 is 1.76 bits per heavy atom. The molecule has 2 nitrogen and oxygen atoms in total. The van der Waals surface area contributed by atoms with Crippen LogP contribution >= 0.6 is 11.6 Å². The zero-order valence-electron chi connectivity index (χ0n) is 12.8. The van der Waals surface area contributed by atoms with E-state index in [-0.39, 0.29) is 5.38 Å². The second-order valence-corrected chi connectivity index (χ2v) is 6.34. The summed E-state index contributed by atoms with van der Waals surface area (Å²) >= 11 is 6.36. The minimum atomic E-state index is -0.140. The highest BCUT2D eigenvalue weighted by molar-refractivity contribution is 6.20. The zero-order chi connectivity index (χ0) is 15.1. The van der Waals surface area contributed by atoms with Crippen LogP contribution in [-0.4, -0.2) is 9.55 Å². The minimum absolute atomic E-state index is 0.140. The number of fused-ring (bicyclic) bond motifs is 1. The maximum Gasteiger partial charge on any atom is 0.132 e. The van der Waals surface area contributed by atoms with Crippen molar-refractivity contribution < 1.29 is 0 Å². The number of aryl methyl sites for hydroxylation is 3. The predicted molar refractivity (Wildman–Crippen MR) is 89.5 cm³/mol. The van der Waals surface area contributed by atoms with Crippen molar-refractivity contribution in [2.24, 2.45) is 0 Å². The Balaban J connectivity index is 2.35. The maximum absolute atomic E-state index is 6.36. The highest BCUT2D eigenvalue weighted by Gasteiger charge is 2.16. The average molecular weight is 299 g/mol. The fourth-order valence-electron chi connectivity index (χ4n) is 2.61. The van der Waals surface area contributed by atoms with Gasteiger partial charge >= 0.3 is 0 Å². The molecule has 0 saturated heterocycles. The maximum atomic E-state index is 6.36. The number of alkyl halides is 1. The Morgan fingerprint density at radius 3 is 2.43 bits per heavy atom. The lowest BCUT2D eigenvalue weighted by Gasteiger charge is -2.12. The van der Waals surface area contributed by atoms with Crippen molar-refractivity contribution in [3.63, 3.8) is 0 Å². The molecule has 0 aliphatic rings. The van der Waals surface area contributed by atoms with Gasteiger partial charge in [0.1, 0.15) is 5.82 Å². The number of imidazole rings is 1. The van der Waals surface area contributed by atoms with Gasteiger partial charge in [0.15, 0.2) is 0 Å². The first-order valence-electron chi connectivity index (χ1n) is 7.18. The van der Waals surface area contributed by atoms with Gasteiger partial charge in [-0.05, 0) is 68.7 Å². The van der Waals surface area contributed by atoms with E-state index >= 15 is 0 Å². The fourth-order valence-corrected chi connectivity index (χ4v) is 2.75. The van der Waals surface area contributed by atoms with E-state index in [9.17, 15) is 0 Å². The van der Waals surface area contributed by atoms with Gasteiger partial charge in [-0.1, -0.05) is 12.1 Å². The number of nitrogens with zero attached hydrogens (tertiary/aromatic N) is 2. The third kappa shape index (κ3) is 2.44. The lowest BCUT2D eigenvalue weighted by atomic mass is 10.1. The molecule has 3 rings (SSSR count). The van der Waals surface area contributed by atoms with Gasteiger partial charge < -0.3 is 0 Å². The van der Waals surface area contributed by atoms with Crippen molar-refractivity contribution in [1.82, 2.24) is 9.55 Å². The van der Waals surface area contributed by atoms with Gasteiger partial charge in [-0.2, -0.15) is 0 Å². The number of aromatic nitrogens is 2. The molecule has 0 N–H and O–H groups in total. The molecule has 0 aliphatic carbocycles. The van der Waals surface area contributed by atoms with Gasteiger partial charge in [0, 0.05) is 5.69 Å². The van der Waals surface area contributed by atoms with Crippen LogP contribution < -0.4 is 0 Å². The van der Waals surface area contributed by atoms with E-state index in [4.69, 9.17) is 16.6 Å². The summed E-state index contributed by atoms with van der Waals surface area (Å²) in [6.07, 6.45) is 0. The number of hydrogen-bond donors (Lipinski definition) is 0. The van der Waals surface area contributed by atoms with Gasteiger partial charge in [-0.15, -0.1) is 11.6 Å². The second-order valence-electron chi connectivity index (χ2n) is 5.68. The molecule has 0 bridgehead atoms. The number of rotatable bonds is 2. The van der Waals surface area contributed by atoms with Gasteiger partial charge in [0.25, 0.3) is 0 Å². The van der Waals surface area contributed by atoms with Crippen LogP contribution in [0.25, 0.3) is 16.7 Å². The molecule has 108 valence electrons.